The van der Waals surface area contributed by atoms with Gasteiger partial charge in [-0.15, -0.1) is 0 Å². The monoisotopic (exact) mass is 220 g/mol. The van der Waals surface area contributed by atoms with E-state index in [1.165, 1.54) is 6.42 Å². The molecule has 0 radical (unpaired) electrons. The van der Waals surface area contributed by atoms with Crippen molar-refractivity contribution in [2.45, 2.75) is 44.6 Å². The summed E-state index contributed by atoms with van der Waals surface area (Å²) in [4.78, 5) is 0. The molecule has 1 N–H and O–H groups in total. The number of para-hydroxylation sites is 1. The fourth-order valence-electron chi connectivity index (χ4n) is 2.28. The van der Waals surface area contributed by atoms with Crippen molar-refractivity contribution in [1.29, 1.82) is 0 Å². The van der Waals surface area contributed by atoms with E-state index in [0.717, 1.165) is 37.0 Å². The lowest BCUT2D eigenvalue weighted by molar-refractivity contribution is -0.0340. The fraction of sp³-hybridized carbons (Fsp3) is 0.571. The minimum absolute atomic E-state index is 0.428. The Labute approximate surface area is 97.3 Å². The van der Waals surface area contributed by atoms with Crippen molar-refractivity contribution >= 4 is 0 Å². The predicted molar refractivity (Wildman–Crippen MR) is 64.7 cm³/mol. The van der Waals surface area contributed by atoms with Crippen LogP contribution in [0, 0.1) is 6.92 Å². The number of aryl methyl sites for hydroxylation is 1. The molecule has 0 bridgehead atoms. The van der Waals surface area contributed by atoms with E-state index >= 15 is 0 Å². The summed E-state index contributed by atoms with van der Waals surface area (Å²) in [6, 6.07) is 7.95. The first kappa shape index (κ1) is 11.5. The molecular formula is C14H20O2. The van der Waals surface area contributed by atoms with Gasteiger partial charge in [-0.3, -0.25) is 0 Å². The zero-order valence-electron chi connectivity index (χ0n) is 9.91. The highest BCUT2D eigenvalue weighted by molar-refractivity contribution is 5.31. The molecule has 16 heavy (non-hydrogen) atoms. The Morgan fingerprint density at radius 3 is 2.56 bits per heavy atom. The molecule has 0 amide bonds. The van der Waals surface area contributed by atoms with Crippen LogP contribution in [0.5, 0.6) is 5.75 Å². The second-order valence-corrected chi connectivity index (χ2v) is 4.84. The van der Waals surface area contributed by atoms with Crippen LogP contribution in [0.25, 0.3) is 0 Å². The lowest BCUT2D eigenvalue weighted by Crippen LogP contribution is -2.37. The highest BCUT2D eigenvalue weighted by atomic mass is 16.5. The number of hydrogen-bond acceptors (Lipinski definition) is 2. The number of benzene rings is 1. The molecule has 1 aromatic rings. The molecule has 0 heterocycles. The molecule has 0 saturated heterocycles. The Morgan fingerprint density at radius 1 is 1.19 bits per heavy atom. The van der Waals surface area contributed by atoms with Crippen LogP contribution in [0.2, 0.25) is 0 Å². The standard InChI is InChI=1S/C14H20O2/c1-12-7-3-4-8-13(12)16-11-14(15)9-5-2-6-10-14/h3-4,7-8,15H,2,5-6,9-11H2,1H3. The van der Waals surface area contributed by atoms with E-state index in [2.05, 4.69) is 0 Å². The zero-order valence-corrected chi connectivity index (χ0v) is 9.91. The van der Waals surface area contributed by atoms with Crippen molar-refractivity contribution in [2.24, 2.45) is 0 Å². The average molecular weight is 220 g/mol. The highest BCUT2D eigenvalue weighted by Crippen LogP contribution is 2.29. The molecule has 0 atom stereocenters. The summed E-state index contributed by atoms with van der Waals surface area (Å²) in [5, 5.41) is 10.3. The predicted octanol–water partition coefficient (Wildman–Crippen LogP) is 3.07. The lowest BCUT2D eigenvalue weighted by atomic mass is 9.85. The summed E-state index contributed by atoms with van der Waals surface area (Å²) in [6.45, 7) is 2.46. The van der Waals surface area contributed by atoms with Gasteiger partial charge in [0.25, 0.3) is 0 Å². The van der Waals surface area contributed by atoms with Gasteiger partial charge in [0.1, 0.15) is 12.4 Å². The van der Waals surface area contributed by atoms with Gasteiger partial charge in [-0.2, -0.15) is 0 Å². The van der Waals surface area contributed by atoms with Crippen LogP contribution in [-0.2, 0) is 0 Å². The van der Waals surface area contributed by atoms with Crippen molar-refractivity contribution < 1.29 is 9.84 Å². The van der Waals surface area contributed by atoms with Crippen LogP contribution in [0.1, 0.15) is 37.7 Å². The third kappa shape index (κ3) is 2.76. The number of hydrogen-bond donors (Lipinski definition) is 1. The molecule has 88 valence electrons. The molecule has 1 fully saturated rings. The van der Waals surface area contributed by atoms with E-state index in [0.29, 0.717) is 6.61 Å². The molecule has 0 unspecified atom stereocenters. The van der Waals surface area contributed by atoms with Gasteiger partial charge in [0.05, 0.1) is 5.60 Å². The summed E-state index contributed by atoms with van der Waals surface area (Å²) < 4.78 is 5.73. The summed E-state index contributed by atoms with van der Waals surface area (Å²) in [5.74, 6) is 0.890. The maximum absolute atomic E-state index is 10.3. The molecule has 2 nitrogen and oxygen atoms in total. The third-order valence-electron chi connectivity index (χ3n) is 3.37. The SMILES string of the molecule is Cc1ccccc1OCC1(O)CCCCC1. The molecule has 0 spiro atoms. The van der Waals surface area contributed by atoms with E-state index in [-0.39, 0.29) is 0 Å². The molecular weight excluding hydrogens is 200 g/mol. The molecule has 1 aliphatic rings. The van der Waals surface area contributed by atoms with E-state index < -0.39 is 5.60 Å². The molecule has 0 aliphatic heterocycles. The first-order valence-electron chi connectivity index (χ1n) is 6.10. The van der Waals surface area contributed by atoms with E-state index in [9.17, 15) is 5.11 Å². The highest BCUT2D eigenvalue weighted by Gasteiger charge is 2.30. The Morgan fingerprint density at radius 2 is 1.88 bits per heavy atom. The van der Waals surface area contributed by atoms with Crippen LogP contribution >= 0.6 is 0 Å². The molecule has 1 saturated carbocycles. The van der Waals surface area contributed by atoms with Crippen LogP contribution in [-0.4, -0.2) is 17.3 Å². The van der Waals surface area contributed by atoms with Crippen molar-refractivity contribution in [3.05, 3.63) is 29.8 Å². The van der Waals surface area contributed by atoms with Gasteiger partial charge in [0.15, 0.2) is 0 Å². The Kier molecular flexibility index (Phi) is 3.49. The molecule has 1 aromatic carbocycles. The quantitative estimate of drug-likeness (QED) is 0.848. The van der Waals surface area contributed by atoms with Gasteiger partial charge < -0.3 is 9.84 Å². The van der Waals surface area contributed by atoms with Crippen molar-refractivity contribution in [3.8, 4) is 5.75 Å². The maximum Gasteiger partial charge on any atom is 0.122 e. The molecule has 2 rings (SSSR count). The second-order valence-electron chi connectivity index (χ2n) is 4.84. The van der Waals surface area contributed by atoms with Gasteiger partial charge in [0.2, 0.25) is 0 Å². The number of aliphatic hydroxyl groups is 1. The van der Waals surface area contributed by atoms with Crippen LogP contribution in [0.3, 0.4) is 0 Å². The number of rotatable bonds is 3. The van der Waals surface area contributed by atoms with Crippen molar-refractivity contribution in [1.82, 2.24) is 0 Å². The molecule has 0 aromatic heterocycles. The maximum atomic E-state index is 10.3. The second kappa shape index (κ2) is 4.88. The average Bonchev–Trinajstić information content (AvgIpc) is 2.29. The smallest absolute Gasteiger partial charge is 0.122 e. The van der Waals surface area contributed by atoms with Gasteiger partial charge in [-0.1, -0.05) is 37.5 Å². The van der Waals surface area contributed by atoms with Gasteiger partial charge in [0, 0.05) is 0 Å². The van der Waals surface area contributed by atoms with Gasteiger partial charge in [-0.05, 0) is 31.4 Å². The molecule has 1 aliphatic carbocycles. The minimum atomic E-state index is -0.597. The summed E-state index contributed by atoms with van der Waals surface area (Å²) >= 11 is 0. The fourth-order valence-corrected chi connectivity index (χ4v) is 2.28. The topological polar surface area (TPSA) is 29.5 Å². The number of ether oxygens (including phenoxy) is 1. The summed E-state index contributed by atoms with van der Waals surface area (Å²) in [6.07, 6.45) is 5.23. The zero-order chi connectivity index (χ0) is 11.4. The third-order valence-corrected chi connectivity index (χ3v) is 3.37. The van der Waals surface area contributed by atoms with E-state index in [1.807, 2.05) is 31.2 Å². The molecule has 2 heteroatoms. The van der Waals surface area contributed by atoms with Crippen LogP contribution < -0.4 is 4.74 Å². The summed E-state index contributed by atoms with van der Waals surface area (Å²) in [7, 11) is 0. The Bertz CT molecular complexity index is 340. The minimum Gasteiger partial charge on any atom is -0.490 e. The van der Waals surface area contributed by atoms with E-state index in [1.54, 1.807) is 0 Å². The van der Waals surface area contributed by atoms with Gasteiger partial charge in [-0.25, -0.2) is 0 Å². The lowest BCUT2D eigenvalue weighted by Gasteiger charge is -2.31. The largest absolute Gasteiger partial charge is 0.490 e. The van der Waals surface area contributed by atoms with Crippen molar-refractivity contribution in [2.75, 3.05) is 6.61 Å². The van der Waals surface area contributed by atoms with E-state index in [4.69, 9.17) is 4.74 Å². The van der Waals surface area contributed by atoms with Crippen LogP contribution in [0.4, 0.5) is 0 Å². The van der Waals surface area contributed by atoms with Gasteiger partial charge >= 0.3 is 0 Å². The first-order chi connectivity index (χ1) is 7.70. The Hall–Kier alpha value is -1.02. The van der Waals surface area contributed by atoms with Crippen molar-refractivity contribution in [3.63, 3.8) is 0 Å². The van der Waals surface area contributed by atoms with Crippen LogP contribution in [0.15, 0.2) is 24.3 Å². The normalized spacial score (nSPS) is 19.4. The first-order valence-corrected chi connectivity index (χ1v) is 6.10. The Balaban J connectivity index is 1.94. The summed E-state index contributed by atoms with van der Waals surface area (Å²) in [5.41, 5.74) is 0.530.